The van der Waals surface area contributed by atoms with E-state index in [9.17, 15) is 10.2 Å². The van der Waals surface area contributed by atoms with Crippen LogP contribution in [-0.4, -0.2) is 21.9 Å². The maximum absolute atomic E-state index is 10.3. The van der Waals surface area contributed by atoms with Crippen LogP contribution in [-0.2, 0) is 0 Å². The van der Waals surface area contributed by atoms with Crippen LogP contribution < -0.4 is 0 Å². The molecule has 0 unspecified atom stereocenters. The van der Waals surface area contributed by atoms with Gasteiger partial charge in [0.2, 0.25) is 0 Å². The molecule has 0 aromatic rings. The number of hydrogen-bond donors (Lipinski definition) is 2. The predicted molar refractivity (Wildman–Crippen MR) is 130 cm³/mol. The van der Waals surface area contributed by atoms with Gasteiger partial charge >= 0.3 is 0 Å². The molecule has 0 aromatic heterocycles. The number of allylic oxidation sites excluding steroid dienone is 3. The Labute approximate surface area is 191 Å². The molecule has 0 aliphatic heterocycles. The molecule has 2 nitrogen and oxygen atoms in total. The highest BCUT2D eigenvalue weighted by Gasteiger charge is 2.50. The largest absolute Gasteiger partial charge is 0.393 e. The number of hydrogen-bond acceptors (Lipinski definition) is 2. The lowest BCUT2D eigenvalue weighted by atomic mass is 9.60. The molecule has 2 fully saturated rings. The Morgan fingerprint density at radius 1 is 1.10 bits per heavy atom. The van der Waals surface area contributed by atoms with Gasteiger partial charge in [0.15, 0.2) is 0 Å². The second kappa shape index (κ2) is 9.34. The Morgan fingerprint density at radius 2 is 1.90 bits per heavy atom. The van der Waals surface area contributed by atoms with Crippen LogP contribution in [0, 0.1) is 29.1 Å². The Morgan fingerprint density at radius 3 is 2.68 bits per heavy atom. The van der Waals surface area contributed by atoms with Crippen LogP contribution in [0.4, 0.5) is 0 Å². The van der Waals surface area contributed by atoms with E-state index in [0.29, 0.717) is 11.3 Å². The van der Waals surface area contributed by atoms with E-state index in [0.717, 1.165) is 49.9 Å². The third-order valence-electron chi connectivity index (χ3n) is 9.72. The molecule has 2 heteroatoms. The fourth-order valence-electron chi connectivity index (χ4n) is 8.12. The molecule has 0 amide bonds. The SMILES string of the molecule is C[C@H](CCCC(C)(C)O)[C@H]1CC[C@H]2/C(=C/[C@@H]3CCCC4=C3C[C@@H](O)CC4)CCC[C@]12C. The van der Waals surface area contributed by atoms with Crippen LogP contribution in [0.2, 0.25) is 0 Å². The minimum Gasteiger partial charge on any atom is -0.393 e. The molecule has 2 saturated carbocycles. The lowest BCUT2D eigenvalue weighted by molar-refractivity contribution is 0.0596. The maximum atomic E-state index is 10.3. The first-order valence-corrected chi connectivity index (χ1v) is 13.5. The number of fused-ring (bicyclic) bond motifs is 1. The zero-order valence-corrected chi connectivity index (χ0v) is 20.8. The van der Waals surface area contributed by atoms with Gasteiger partial charge in [-0.2, -0.15) is 0 Å². The maximum Gasteiger partial charge on any atom is 0.0591 e. The monoisotopic (exact) mass is 428 g/mol. The Kier molecular flexibility index (Phi) is 7.09. The van der Waals surface area contributed by atoms with Crippen molar-refractivity contribution in [3.05, 3.63) is 22.8 Å². The molecule has 0 radical (unpaired) electrons. The quantitative estimate of drug-likeness (QED) is 0.434. The van der Waals surface area contributed by atoms with Gasteiger partial charge in [0.25, 0.3) is 0 Å². The molecule has 31 heavy (non-hydrogen) atoms. The zero-order valence-electron chi connectivity index (χ0n) is 20.8. The van der Waals surface area contributed by atoms with Crippen molar-refractivity contribution in [1.29, 1.82) is 0 Å². The molecule has 0 bridgehead atoms. The second-order valence-corrected chi connectivity index (χ2v) is 12.5. The average molecular weight is 429 g/mol. The first kappa shape index (κ1) is 23.6. The summed E-state index contributed by atoms with van der Waals surface area (Å²) in [7, 11) is 0. The molecule has 4 aliphatic carbocycles. The summed E-state index contributed by atoms with van der Waals surface area (Å²) >= 11 is 0. The Balaban J connectivity index is 1.47. The summed E-state index contributed by atoms with van der Waals surface area (Å²) in [4.78, 5) is 0. The van der Waals surface area contributed by atoms with E-state index >= 15 is 0 Å². The van der Waals surface area contributed by atoms with E-state index < -0.39 is 5.60 Å². The Hall–Kier alpha value is -0.600. The van der Waals surface area contributed by atoms with E-state index in [2.05, 4.69) is 19.9 Å². The van der Waals surface area contributed by atoms with Crippen molar-refractivity contribution in [3.63, 3.8) is 0 Å². The predicted octanol–water partition coefficient (Wildman–Crippen LogP) is 7.35. The standard InChI is InChI=1S/C29H48O2/c1-20(8-6-16-28(2,3)31)26-14-15-27-23(11-7-17-29(26,27)4)18-22-10-5-9-21-12-13-24(30)19-25(21)22/h18,20,22,24,26-27,30-31H,5-17,19H2,1-4H3/b23-18+/t20-,22+,24+,26-,27+,29-/m1/s1. The molecule has 2 N–H and O–H groups in total. The normalized spacial score (nSPS) is 38.8. The third-order valence-corrected chi connectivity index (χ3v) is 9.72. The number of rotatable bonds is 6. The highest BCUT2D eigenvalue weighted by molar-refractivity contribution is 5.30. The van der Waals surface area contributed by atoms with Gasteiger partial charge < -0.3 is 10.2 Å². The van der Waals surface area contributed by atoms with Crippen LogP contribution in [0.3, 0.4) is 0 Å². The molecule has 176 valence electrons. The summed E-state index contributed by atoms with van der Waals surface area (Å²) in [6.07, 6.45) is 19.7. The van der Waals surface area contributed by atoms with Gasteiger partial charge in [-0.15, -0.1) is 0 Å². The van der Waals surface area contributed by atoms with Crippen molar-refractivity contribution in [1.82, 2.24) is 0 Å². The lowest BCUT2D eigenvalue weighted by Gasteiger charge is -2.45. The van der Waals surface area contributed by atoms with E-state index in [-0.39, 0.29) is 6.10 Å². The van der Waals surface area contributed by atoms with Crippen molar-refractivity contribution in [2.75, 3.05) is 0 Å². The molecule has 0 heterocycles. The van der Waals surface area contributed by atoms with Crippen LogP contribution in [0.1, 0.15) is 118 Å². The average Bonchev–Trinajstić information content (AvgIpc) is 3.05. The Bertz CT molecular complexity index is 696. The van der Waals surface area contributed by atoms with Gasteiger partial charge in [0.1, 0.15) is 0 Å². The fourth-order valence-corrected chi connectivity index (χ4v) is 8.12. The van der Waals surface area contributed by atoms with Gasteiger partial charge in [-0.25, -0.2) is 0 Å². The van der Waals surface area contributed by atoms with E-state index in [1.54, 1.807) is 16.7 Å². The molecule has 0 aromatic carbocycles. The van der Waals surface area contributed by atoms with Gasteiger partial charge in [0.05, 0.1) is 11.7 Å². The highest BCUT2D eigenvalue weighted by Crippen LogP contribution is 2.60. The summed E-state index contributed by atoms with van der Waals surface area (Å²) in [5.74, 6) is 2.98. The van der Waals surface area contributed by atoms with Gasteiger partial charge in [-0.1, -0.05) is 49.5 Å². The van der Waals surface area contributed by atoms with Gasteiger partial charge in [-0.05, 0) is 120 Å². The van der Waals surface area contributed by atoms with Crippen molar-refractivity contribution in [3.8, 4) is 0 Å². The molecular weight excluding hydrogens is 380 g/mol. The fraction of sp³-hybridized carbons (Fsp3) is 0.862. The molecule has 6 atom stereocenters. The van der Waals surface area contributed by atoms with Gasteiger partial charge in [0, 0.05) is 0 Å². The molecule has 4 aliphatic rings. The summed E-state index contributed by atoms with van der Waals surface area (Å²) in [6, 6.07) is 0. The number of aliphatic hydroxyl groups excluding tert-OH is 1. The minimum atomic E-state index is -0.525. The lowest BCUT2D eigenvalue weighted by Crippen LogP contribution is -2.36. The topological polar surface area (TPSA) is 40.5 Å². The van der Waals surface area contributed by atoms with Crippen LogP contribution in [0.25, 0.3) is 0 Å². The van der Waals surface area contributed by atoms with Crippen molar-refractivity contribution >= 4 is 0 Å². The van der Waals surface area contributed by atoms with Crippen LogP contribution >= 0.6 is 0 Å². The van der Waals surface area contributed by atoms with Crippen molar-refractivity contribution < 1.29 is 10.2 Å². The first-order valence-electron chi connectivity index (χ1n) is 13.5. The van der Waals surface area contributed by atoms with Crippen LogP contribution in [0.5, 0.6) is 0 Å². The molecule has 0 spiro atoms. The number of aliphatic hydroxyl groups is 2. The summed E-state index contributed by atoms with van der Waals surface area (Å²) in [5, 5.41) is 20.4. The van der Waals surface area contributed by atoms with E-state index in [4.69, 9.17) is 0 Å². The first-order chi connectivity index (χ1) is 14.7. The smallest absolute Gasteiger partial charge is 0.0591 e. The van der Waals surface area contributed by atoms with Crippen LogP contribution in [0.15, 0.2) is 22.8 Å². The van der Waals surface area contributed by atoms with Crippen molar-refractivity contribution in [2.24, 2.45) is 29.1 Å². The van der Waals surface area contributed by atoms with Gasteiger partial charge in [-0.3, -0.25) is 0 Å². The molecular formula is C29H48O2. The van der Waals surface area contributed by atoms with Crippen molar-refractivity contribution in [2.45, 2.75) is 129 Å². The summed E-state index contributed by atoms with van der Waals surface area (Å²) < 4.78 is 0. The minimum absolute atomic E-state index is 0.102. The van der Waals surface area contributed by atoms with E-state index in [1.807, 2.05) is 13.8 Å². The zero-order chi connectivity index (χ0) is 22.2. The molecule has 4 rings (SSSR count). The summed E-state index contributed by atoms with van der Waals surface area (Å²) in [6.45, 7) is 8.99. The molecule has 0 saturated heterocycles. The van der Waals surface area contributed by atoms with E-state index in [1.165, 1.54) is 57.8 Å². The second-order valence-electron chi connectivity index (χ2n) is 12.5. The third kappa shape index (κ3) is 5.16. The summed E-state index contributed by atoms with van der Waals surface area (Å²) in [5.41, 5.74) is 5.04. The highest BCUT2D eigenvalue weighted by atomic mass is 16.3.